The fourth-order valence-electron chi connectivity index (χ4n) is 2.46. The first-order valence-corrected chi connectivity index (χ1v) is 6.74. The molecule has 4 heteroatoms. The largest absolute Gasteiger partial charge is 0.461 e. The van der Waals surface area contributed by atoms with Crippen molar-refractivity contribution in [2.45, 2.75) is 43.9 Å². The molecule has 1 aromatic rings. The van der Waals surface area contributed by atoms with E-state index in [1.807, 2.05) is 30.3 Å². The van der Waals surface area contributed by atoms with Crippen LogP contribution >= 0.6 is 0 Å². The van der Waals surface area contributed by atoms with Crippen molar-refractivity contribution in [2.75, 3.05) is 7.11 Å². The highest BCUT2D eigenvalue weighted by molar-refractivity contribution is 5.77. The summed E-state index contributed by atoms with van der Waals surface area (Å²) < 4.78 is 10.8. The maximum absolute atomic E-state index is 12.0. The van der Waals surface area contributed by atoms with Crippen LogP contribution in [-0.4, -0.2) is 25.3 Å². The van der Waals surface area contributed by atoms with Crippen LogP contribution in [0.4, 0.5) is 0 Å². The fourth-order valence-corrected chi connectivity index (χ4v) is 2.46. The standard InChI is InChI=1S/C15H21NO3/c1-18-12-8-5-9-13(10-12)19-15(17)14(16)11-6-3-2-4-7-11/h2-4,6-7,12-14H,5,8-10,16H2,1H3/t12?,13?,14-/m1/s1. The van der Waals surface area contributed by atoms with Gasteiger partial charge < -0.3 is 15.2 Å². The van der Waals surface area contributed by atoms with Gasteiger partial charge in [0, 0.05) is 13.5 Å². The Balaban J connectivity index is 1.90. The number of esters is 1. The Bertz CT molecular complexity index is 407. The third kappa shape index (κ3) is 3.78. The molecule has 1 fully saturated rings. The molecule has 2 unspecified atom stereocenters. The van der Waals surface area contributed by atoms with Crippen LogP contribution in [0.25, 0.3) is 0 Å². The number of benzene rings is 1. The summed E-state index contributed by atoms with van der Waals surface area (Å²) in [5, 5.41) is 0. The van der Waals surface area contributed by atoms with Gasteiger partial charge in [0.15, 0.2) is 0 Å². The third-order valence-corrected chi connectivity index (χ3v) is 3.61. The van der Waals surface area contributed by atoms with Crippen LogP contribution in [0, 0.1) is 0 Å². The second kappa shape index (κ2) is 6.68. The van der Waals surface area contributed by atoms with Crippen molar-refractivity contribution in [1.29, 1.82) is 0 Å². The highest BCUT2D eigenvalue weighted by Crippen LogP contribution is 2.24. The van der Waals surface area contributed by atoms with Crippen molar-refractivity contribution in [2.24, 2.45) is 5.73 Å². The van der Waals surface area contributed by atoms with E-state index in [1.54, 1.807) is 7.11 Å². The molecule has 0 radical (unpaired) electrons. The Hall–Kier alpha value is -1.39. The quantitative estimate of drug-likeness (QED) is 0.846. The summed E-state index contributed by atoms with van der Waals surface area (Å²) in [6.07, 6.45) is 3.85. The topological polar surface area (TPSA) is 61.5 Å². The first-order chi connectivity index (χ1) is 9.20. The summed E-state index contributed by atoms with van der Waals surface area (Å²) in [5.41, 5.74) is 6.70. The Morgan fingerprint density at radius 2 is 1.95 bits per heavy atom. The van der Waals surface area contributed by atoms with Crippen LogP contribution in [0.1, 0.15) is 37.3 Å². The normalized spacial score (nSPS) is 24.7. The van der Waals surface area contributed by atoms with E-state index in [9.17, 15) is 4.79 Å². The first-order valence-electron chi connectivity index (χ1n) is 6.74. The highest BCUT2D eigenvalue weighted by Gasteiger charge is 2.27. The SMILES string of the molecule is COC1CCCC(OC(=O)[C@H](N)c2ccccc2)C1. The maximum Gasteiger partial charge on any atom is 0.327 e. The number of hydrogen-bond donors (Lipinski definition) is 1. The summed E-state index contributed by atoms with van der Waals surface area (Å²) in [7, 11) is 1.70. The minimum atomic E-state index is -0.705. The van der Waals surface area contributed by atoms with Gasteiger partial charge in [-0.25, -0.2) is 4.79 Å². The van der Waals surface area contributed by atoms with Gasteiger partial charge in [-0.15, -0.1) is 0 Å². The maximum atomic E-state index is 12.0. The zero-order chi connectivity index (χ0) is 13.7. The Morgan fingerprint density at radius 1 is 1.26 bits per heavy atom. The predicted molar refractivity (Wildman–Crippen MR) is 72.5 cm³/mol. The molecule has 2 rings (SSSR count). The molecule has 104 valence electrons. The second-order valence-electron chi connectivity index (χ2n) is 4.97. The zero-order valence-corrected chi connectivity index (χ0v) is 11.2. The Kier molecular flexibility index (Phi) is 4.93. The number of methoxy groups -OCH3 is 1. The summed E-state index contributed by atoms with van der Waals surface area (Å²) in [6.45, 7) is 0. The lowest BCUT2D eigenvalue weighted by atomic mass is 9.95. The molecule has 0 aliphatic heterocycles. The third-order valence-electron chi connectivity index (χ3n) is 3.61. The van der Waals surface area contributed by atoms with Crippen molar-refractivity contribution in [3.8, 4) is 0 Å². The smallest absolute Gasteiger partial charge is 0.327 e. The van der Waals surface area contributed by atoms with Crippen molar-refractivity contribution < 1.29 is 14.3 Å². The van der Waals surface area contributed by atoms with Crippen LogP contribution in [0.3, 0.4) is 0 Å². The molecule has 1 saturated carbocycles. The number of ether oxygens (including phenoxy) is 2. The van der Waals surface area contributed by atoms with Gasteiger partial charge in [-0.3, -0.25) is 0 Å². The average Bonchev–Trinajstić information content (AvgIpc) is 2.47. The van der Waals surface area contributed by atoms with E-state index in [4.69, 9.17) is 15.2 Å². The van der Waals surface area contributed by atoms with Gasteiger partial charge in [0.05, 0.1) is 6.10 Å². The number of carbonyl (C=O) groups is 1. The van der Waals surface area contributed by atoms with Crippen molar-refractivity contribution in [3.63, 3.8) is 0 Å². The van der Waals surface area contributed by atoms with E-state index in [1.165, 1.54) is 0 Å². The lowest BCUT2D eigenvalue weighted by Gasteiger charge is -2.28. The molecule has 1 aromatic carbocycles. The summed E-state index contributed by atoms with van der Waals surface area (Å²) in [6, 6.07) is 8.60. The van der Waals surface area contributed by atoms with Crippen LogP contribution in [0.5, 0.6) is 0 Å². The lowest BCUT2D eigenvalue weighted by molar-refractivity contribution is -0.154. The van der Waals surface area contributed by atoms with Gasteiger partial charge in [0.25, 0.3) is 0 Å². The number of carbonyl (C=O) groups excluding carboxylic acids is 1. The minimum Gasteiger partial charge on any atom is -0.461 e. The first kappa shape index (κ1) is 14.0. The molecule has 0 saturated heterocycles. The molecule has 0 heterocycles. The van der Waals surface area contributed by atoms with E-state index in [0.29, 0.717) is 0 Å². The van der Waals surface area contributed by atoms with E-state index >= 15 is 0 Å². The molecular formula is C15H21NO3. The second-order valence-corrected chi connectivity index (χ2v) is 4.97. The van der Waals surface area contributed by atoms with Crippen LogP contribution < -0.4 is 5.73 Å². The van der Waals surface area contributed by atoms with Gasteiger partial charge in [0.2, 0.25) is 0 Å². The number of hydrogen-bond acceptors (Lipinski definition) is 4. The van der Waals surface area contributed by atoms with Crippen LogP contribution in [0.15, 0.2) is 30.3 Å². The summed E-state index contributed by atoms with van der Waals surface area (Å²) in [5.74, 6) is -0.354. The van der Waals surface area contributed by atoms with E-state index in [-0.39, 0.29) is 18.2 Å². The average molecular weight is 263 g/mol. The van der Waals surface area contributed by atoms with Crippen molar-refractivity contribution in [1.82, 2.24) is 0 Å². The number of rotatable bonds is 4. The molecule has 4 nitrogen and oxygen atoms in total. The molecule has 1 aliphatic rings. The Morgan fingerprint density at radius 3 is 2.63 bits per heavy atom. The summed E-state index contributed by atoms with van der Waals surface area (Å²) in [4.78, 5) is 12.0. The fraction of sp³-hybridized carbons (Fsp3) is 0.533. The molecule has 0 spiro atoms. The van der Waals surface area contributed by atoms with Gasteiger partial charge in [-0.05, 0) is 24.8 Å². The predicted octanol–water partition coefficient (Wildman–Crippen LogP) is 2.19. The van der Waals surface area contributed by atoms with E-state index < -0.39 is 6.04 Å². The van der Waals surface area contributed by atoms with Gasteiger partial charge in [0.1, 0.15) is 12.1 Å². The highest BCUT2D eigenvalue weighted by atomic mass is 16.5. The lowest BCUT2D eigenvalue weighted by Crippen LogP contribution is -2.33. The van der Waals surface area contributed by atoms with Gasteiger partial charge in [-0.2, -0.15) is 0 Å². The monoisotopic (exact) mass is 263 g/mol. The van der Waals surface area contributed by atoms with Gasteiger partial charge in [-0.1, -0.05) is 30.3 Å². The Labute approximate surface area is 113 Å². The molecule has 3 atom stereocenters. The number of nitrogens with two attached hydrogens (primary N) is 1. The zero-order valence-electron chi connectivity index (χ0n) is 11.2. The van der Waals surface area contributed by atoms with Crippen molar-refractivity contribution in [3.05, 3.63) is 35.9 Å². The van der Waals surface area contributed by atoms with Crippen LogP contribution in [-0.2, 0) is 14.3 Å². The molecule has 1 aliphatic carbocycles. The van der Waals surface area contributed by atoms with E-state index in [2.05, 4.69) is 0 Å². The van der Waals surface area contributed by atoms with Crippen LogP contribution in [0.2, 0.25) is 0 Å². The molecular weight excluding hydrogens is 242 g/mol. The minimum absolute atomic E-state index is 0.0686. The molecule has 0 aromatic heterocycles. The van der Waals surface area contributed by atoms with E-state index in [0.717, 1.165) is 31.2 Å². The molecule has 0 amide bonds. The molecule has 2 N–H and O–H groups in total. The van der Waals surface area contributed by atoms with Gasteiger partial charge >= 0.3 is 5.97 Å². The van der Waals surface area contributed by atoms with Crippen molar-refractivity contribution >= 4 is 5.97 Å². The molecule has 19 heavy (non-hydrogen) atoms. The molecule has 0 bridgehead atoms. The summed E-state index contributed by atoms with van der Waals surface area (Å²) >= 11 is 0.